The lowest BCUT2D eigenvalue weighted by Crippen LogP contribution is -2.31. The molecule has 2 amide bonds. The summed E-state index contributed by atoms with van der Waals surface area (Å²) in [4.78, 5) is 53.6. The molecule has 0 spiro atoms. The quantitative estimate of drug-likeness (QED) is 0.487. The molecule has 0 unspecified atom stereocenters. The average Bonchev–Trinajstić information content (AvgIpc) is 2.72. The number of benzene rings is 1. The SMILES string of the molecule is Cc1ccc(C(=O)NCc2ccc([C@@H](C)NC(=O)c3ccc(C)[nH]c3=O)cc2)c(=O)[nH]1. The van der Waals surface area contributed by atoms with Crippen LogP contribution in [0.5, 0.6) is 0 Å². The number of rotatable bonds is 6. The predicted octanol–water partition coefficient (Wildman–Crippen LogP) is 2.10. The molecule has 4 N–H and O–H groups in total. The van der Waals surface area contributed by atoms with Crippen molar-refractivity contribution in [2.24, 2.45) is 0 Å². The molecule has 0 aliphatic heterocycles. The molecule has 1 aromatic carbocycles. The summed E-state index contributed by atoms with van der Waals surface area (Å²) in [5.74, 6) is -0.900. The minimum absolute atomic E-state index is 0.0582. The Morgan fingerprint density at radius 3 is 1.84 bits per heavy atom. The zero-order valence-electron chi connectivity index (χ0n) is 17.5. The highest BCUT2D eigenvalue weighted by molar-refractivity contribution is 5.94. The number of aromatic amines is 2. The molecule has 0 saturated carbocycles. The third-order valence-corrected chi connectivity index (χ3v) is 4.88. The van der Waals surface area contributed by atoms with Gasteiger partial charge in [0.2, 0.25) is 0 Å². The first-order valence-electron chi connectivity index (χ1n) is 9.82. The van der Waals surface area contributed by atoms with Gasteiger partial charge in [-0.25, -0.2) is 0 Å². The van der Waals surface area contributed by atoms with Crippen molar-refractivity contribution in [2.75, 3.05) is 0 Å². The van der Waals surface area contributed by atoms with Crippen LogP contribution in [0.1, 0.15) is 56.2 Å². The van der Waals surface area contributed by atoms with Gasteiger partial charge in [-0.15, -0.1) is 0 Å². The van der Waals surface area contributed by atoms with E-state index in [1.54, 1.807) is 26.0 Å². The summed E-state index contributed by atoms with van der Waals surface area (Å²) in [6, 6.07) is 13.4. The number of carbonyl (C=O) groups is 2. The number of aryl methyl sites for hydroxylation is 2. The Morgan fingerprint density at radius 2 is 1.32 bits per heavy atom. The van der Waals surface area contributed by atoms with E-state index in [0.717, 1.165) is 11.1 Å². The molecule has 31 heavy (non-hydrogen) atoms. The number of aromatic nitrogens is 2. The zero-order chi connectivity index (χ0) is 22.5. The summed E-state index contributed by atoms with van der Waals surface area (Å²) in [5.41, 5.74) is 2.33. The van der Waals surface area contributed by atoms with E-state index in [1.807, 2.05) is 31.2 Å². The second kappa shape index (κ2) is 9.25. The minimum atomic E-state index is -0.451. The topological polar surface area (TPSA) is 124 Å². The van der Waals surface area contributed by atoms with Gasteiger partial charge >= 0.3 is 0 Å². The first-order chi connectivity index (χ1) is 14.7. The van der Waals surface area contributed by atoms with Crippen molar-refractivity contribution in [1.82, 2.24) is 20.6 Å². The van der Waals surface area contributed by atoms with Gasteiger partial charge in [0, 0.05) is 17.9 Å². The van der Waals surface area contributed by atoms with E-state index < -0.39 is 22.9 Å². The molecule has 3 rings (SSSR count). The van der Waals surface area contributed by atoms with Crippen molar-refractivity contribution in [3.05, 3.63) is 103 Å². The molecule has 0 saturated heterocycles. The van der Waals surface area contributed by atoms with Crippen LogP contribution in [-0.4, -0.2) is 21.8 Å². The molecule has 0 aliphatic carbocycles. The number of H-pyrrole nitrogens is 2. The molecule has 0 fully saturated rings. The molecule has 1 atom stereocenters. The second-order valence-electron chi connectivity index (χ2n) is 7.39. The molecule has 8 heteroatoms. The normalized spacial score (nSPS) is 11.6. The van der Waals surface area contributed by atoms with Crippen LogP contribution < -0.4 is 21.8 Å². The van der Waals surface area contributed by atoms with Crippen molar-refractivity contribution in [1.29, 1.82) is 0 Å². The van der Waals surface area contributed by atoms with Crippen LogP contribution in [0.4, 0.5) is 0 Å². The highest BCUT2D eigenvalue weighted by Crippen LogP contribution is 2.14. The van der Waals surface area contributed by atoms with Crippen LogP contribution in [-0.2, 0) is 6.54 Å². The van der Waals surface area contributed by atoms with Gasteiger partial charge in [0.05, 0.1) is 6.04 Å². The van der Waals surface area contributed by atoms with Crippen molar-refractivity contribution in [3.63, 3.8) is 0 Å². The summed E-state index contributed by atoms with van der Waals surface area (Å²) in [6.45, 7) is 5.56. The molecule has 3 aromatic rings. The molecule has 0 radical (unpaired) electrons. The number of nitrogens with one attached hydrogen (secondary N) is 4. The smallest absolute Gasteiger partial charge is 0.260 e. The summed E-state index contributed by atoms with van der Waals surface area (Å²) in [7, 11) is 0. The van der Waals surface area contributed by atoms with Gasteiger partial charge in [-0.05, 0) is 56.2 Å². The fraction of sp³-hybridized carbons (Fsp3) is 0.217. The van der Waals surface area contributed by atoms with Gasteiger partial charge in [0.1, 0.15) is 11.1 Å². The maximum absolute atomic E-state index is 12.4. The van der Waals surface area contributed by atoms with Crippen LogP contribution in [0.15, 0.2) is 58.1 Å². The fourth-order valence-electron chi connectivity index (χ4n) is 3.06. The number of amides is 2. The van der Waals surface area contributed by atoms with Crippen LogP contribution in [0.2, 0.25) is 0 Å². The molecule has 160 valence electrons. The van der Waals surface area contributed by atoms with E-state index >= 15 is 0 Å². The van der Waals surface area contributed by atoms with E-state index in [4.69, 9.17) is 0 Å². The van der Waals surface area contributed by atoms with E-state index in [0.29, 0.717) is 11.4 Å². The summed E-state index contributed by atoms with van der Waals surface area (Å²) < 4.78 is 0. The lowest BCUT2D eigenvalue weighted by molar-refractivity contribution is 0.0933. The standard InChI is InChI=1S/C23H24N4O4/c1-13-4-10-18(21(29)25-13)20(28)24-12-16-6-8-17(9-7-16)15(3)27-23(31)19-11-5-14(2)26-22(19)30/h4-11,15H,12H2,1-3H3,(H,24,28)(H,25,29)(H,26,30)(H,27,31)/t15-/m1/s1. The Balaban J connectivity index is 1.60. The Hall–Kier alpha value is -3.94. The largest absolute Gasteiger partial charge is 0.348 e. The number of hydrogen-bond acceptors (Lipinski definition) is 4. The van der Waals surface area contributed by atoms with Crippen LogP contribution in [0.3, 0.4) is 0 Å². The van der Waals surface area contributed by atoms with Gasteiger partial charge in [-0.1, -0.05) is 24.3 Å². The molecule has 2 aromatic heterocycles. The predicted molar refractivity (Wildman–Crippen MR) is 117 cm³/mol. The second-order valence-corrected chi connectivity index (χ2v) is 7.39. The molecule has 0 aliphatic rings. The third-order valence-electron chi connectivity index (χ3n) is 4.88. The van der Waals surface area contributed by atoms with Crippen molar-refractivity contribution in [2.45, 2.75) is 33.4 Å². The molecular weight excluding hydrogens is 396 g/mol. The van der Waals surface area contributed by atoms with Crippen LogP contribution in [0.25, 0.3) is 0 Å². The number of carbonyl (C=O) groups excluding carboxylic acids is 2. The Bertz CT molecular complexity index is 1230. The monoisotopic (exact) mass is 420 g/mol. The third kappa shape index (κ3) is 5.36. The van der Waals surface area contributed by atoms with E-state index in [2.05, 4.69) is 20.6 Å². The maximum Gasteiger partial charge on any atom is 0.260 e. The van der Waals surface area contributed by atoms with Gasteiger partial charge < -0.3 is 20.6 Å². The van der Waals surface area contributed by atoms with Crippen LogP contribution >= 0.6 is 0 Å². The van der Waals surface area contributed by atoms with Gasteiger partial charge in [0.25, 0.3) is 22.9 Å². The fourth-order valence-corrected chi connectivity index (χ4v) is 3.06. The molecule has 0 bridgehead atoms. The highest BCUT2D eigenvalue weighted by Gasteiger charge is 2.15. The summed E-state index contributed by atoms with van der Waals surface area (Å²) in [5, 5.41) is 5.53. The average molecular weight is 420 g/mol. The van der Waals surface area contributed by atoms with Crippen molar-refractivity contribution >= 4 is 11.8 Å². The van der Waals surface area contributed by atoms with E-state index in [-0.39, 0.29) is 23.7 Å². The van der Waals surface area contributed by atoms with Crippen molar-refractivity contribution < 1.29 is 9.59 Å². The Morgan fingerprint density at radius 1 is 0.806 bits per heavy atom. The van der Waals surface area contributed by atoms with Gasteiger partial charge in [-0.2, -0.15) is 0 Å². The summed E-state index contributed by atoms with van der Waals surface area (Å²) >= 11 is 0. The first-order valence-corrected chi connectivity index (χ1v) is 9.82. The Labute approximate surface area is 178 Å². The number of hydrogen-bond donors (Lipinski definition) is 4. The molecule has 2 heterocycles. The lowest BCUT2D eigenvalue weighted by atomic mass is 10.1. The zero-order valence-corrected chi connectivity index (χ0v) is 17.5. The van der Waals surface area contributed by atoms with Gasteiger partial charge in [-0.3, -0.25) is 19.2 Å². The Kier molecular flexibility index (Phi) is 6.49. The first kappa shape index (κ1) is 21.8. The van der Waals surface area contributed by atoms with Crippen LogP contribution in [0, 0.1) is 13.8 Å². The number of pyridine rings is 2. The van der Waals surface area contributed by atoms with Crippen molar-refractivity contribution in [3.8, 4) is 0 Å². The lowest BCUT2D eigenvalue weighted by Gasteiger charge is -2.15. The maximum atomic E-state index is 12.4. The minimum Gasteiger partial charge on any atom is -0.348 e. The summed E-state index contributed by atoms with van der Waals surface area (Å²) in [6.07, 6.45) is 0. The van der Waals surface area contributed by atoms with E-state index in [9.17, 15) is 19.2 Å². The highest BCUT2D eigenvalue weighted by atomic mass is 16.2. The molecule has 8 nitrogen and oxygen atoms in total. The van der Waals surface area contributed by atoms with E-state index in [1.165, 1.54) is 12.1 Å². The molecular formula is C23H24N4O4. The van der Waals surface area contributed by atoms with Gasteiger partial charge in [0.15, 0.2) is 0 Å².